The molecule has 0 saturated carbocycles. The topological polar surface area (TPSA) is 93.8 Å². The van der Waals surface area contributed by atoms with Crippen LogP contribution in [0.2, 0.25) is 0 Å². The molecule has 0 spiro atoms. The molecule has 0 atom stereocenters. The van der Waals surface area contributed by atoms with Crippen molar-refractivity contribution in [3.63, 3.8) is 0 Å². The summed E-state index contributed by atoms with van der Waals surface area (Å²) in [7, 11) is 19.2. The number of fused-ring (bicyclic) bond motifs is 1. The molecule has 9 nitrogen and oxygen atoms in total. The van der Waals surface area contributed by atoms with Gasteiger partial charge in [-0.15, -0.1) is 0 Å². The van der Waals surface area contributed by atoms with Crippen LogP contribution in [0.25, 0.3) is 22.0 Å². The van der Waals surface area contributed by atoms with Crippen molar-refractivity contribution in [2.45, 2.75) is 24.1 Å². The molecule has 4 aromatic heterocycles. The number of likely N-dealkylation sites (tertiary alicyclic amines) is 1. The second-order valence-electron chi connectivity index (χ2n) is 8.74. The number of hydrogen-bond donors (Lipinski definition) is 1. The van der Waals surface area contributed by atoms with Gasteiger partial charge in [-0.3, -0.25) is 19.1 Å². The first-order chi connectivity index (χ1) is 16.3. The Labute approximate surface area is 201 Å². The Morgan fingerprint density at radius 2 is 1.76 bits per heavy atom. The summed E-state index contributed by atoms with van der Waals surface area (Å²) in [6, 6.07) is 3.98. The van der Waals surface area contributed by atoms with Crippen LogP contribution in [0.3, 0.4) is 0 Å². The van der Waals surface area contributed by atoms with Gasteiger partial charge in [-0.25, -0.2) is 4.98 Å². The molecule has 0 aromatic carbocycles. The van der Waals surface area contributed by atoms with E-state index in [4.69, 9.17) is 23.5 Å². The standard InChI is InChI=1S/C22H21B3N8O/c1-31-4-2-18(3-5-31)32-12-17(11-28-32)21(34)30-20-7-14-6-19(26-8-15(14)9-27-20)16-10-29-33(13-16)22(23,24)25/h6-13,18H,2-5H2,1H3,(H,27,30,34). The fraction of sp³-hybridized carbons (Fsp3) is 0.318. The van der Waals surface area contributed by atoms with Gasteiger partial charge in [0.1, 0.15) is 5.82 Å². The summed E-state index contributed by atoms with van der Waals surface area (Å²) in [4.78, 5) is 23.9. The smallest absolute Gasteiger partial charge is 0.260 e. The molecule has 4 aromatic rings. The Morgan fingerprint density at radius 3 is 2.50 bits per heavy atom. The van der Waals surface area contributed by atoms with Crippen LogP contribution in [0.15, 0.2) is 49.3 Å². The van der Waals surface area contributed by atoms with Gasteiger partial charge in [0.25, 0.3) is 5.91 Å². The van der Waals surface area contributed by atoms with E-state index in [0.29, 0.717) is 28.7 Å². The highest BCUT2D eigenvalue weighted by atomic mass is 16.1. The fourth-order valence-corrected chi connectivity index (χ4v) is 4.03. The van der Waals surface area contributed by atoms with Crippen molar-refractivity contribution in [3.05, 3.63) is 54.9 Å². The predicted octanol–water partition coefficient (Wildman–Crippen LogP) is 1.28. The highest BCUT2D eigenvalue weighted by Gasteiger charge is 2.20. The summed E-state index contributed by atoms with van der Waals surface area (Å²) in [6.07, 6.45) is 12.0. The van der Waals surface area contributed by atoms with Crippen molar-refractivity contribution in [3.8, 4) is 11.3 Å². The van der Waals surface area contributed by atoms with Crippen molar-refractivity contribution in [2.75, 3.05) is 25.5 Å². The molecular weight excluding hydrogens is 425 g/mol. The van der Waals surface area contributed by atoms with E-state index >= 15 is 0 Å². The minimum absolute atomic E-state index is 0.258. The fourth-order valence-electron chi connectivity index (χ4n) is 4.03. The van der Waals surface area contributed by atoms with Crippen LogP contribution in [0.5, 0.6) is 0 Å². The second-order valence-corrected chi connectivity index (χ2v) is 8.74. The maximum absolute atomic E-state index is 12.8. The van der Waals surface area contributed by atoms with E-state index in [2.05, 4.69) is 37.4 Å². The van der Waals surface area contributed by atoms with Crippen molar-refractivity contribution in [1.29, 1.82) is 0 Å². The van der Waals surface area contributed by atoms with Crippen molar-refractivity contribution >= 4 is 46.0 Å². The second kappa shape index (κ2) is 8.75. The first-order valence-corrected chi connectivity index (χ1v) is 11.0. The monoisotopic (exact) mass is 446 g/mol. The number of anilines is 1. The maximum Gasteiger partial charge on any atom is 0.260 e. The third-order valence-corrected chi connectivity index (χ3v) is 6.05. The van der Waals surface area contributed by atoms with Gasteiger partial charge in [-0.2, -0.15) is 10.2 Å². The molecule has 12 heteroatoms. The lowest BCUT2D eigenvalue weighted by Gasteiger charge is -2.28. The third kappa shape index (κ3) is 4.63. The quantitative estimate of drug-likeness (QED) is 0.465. The molecule has 164 valence electrons. The number of nitrogens with one attached hydrogen (secondary N) is 1. The number of pyridine rings is 2. The number of amides is 1. The summed E-state index contributed by atoms with van der Waals surface area (Å²) in [5.41, 5.74) is 1.86. The van der Waals surface area contributed by atoms with Gasteiger partial charge in [0.15, 0.2) is 0 Å². The zero-order chi connectivity index (χ0) is 23.9. The molecular formula is C22H21B3N8O. The zero-order valence-electron chi connectivity index (χ0n) is 18.8. The van der Waals surface area contributed by atoms with Crippen LogP contribution in [-0.2, 0) is 5.24 Å². The molecule has 0 bridgehead atoms. The summed E-state index contributed by atoms with van der Waals surface area (Å²) in [5, 5.41) is 11.5. The van der Waals surface area contributed by atoms with Gasteiger partial charge in [0.05, 0.1) is 53.2 Å². The van der Waals surface area contributed by atoms with Crippen LogP contribution in [0, 0.1) is 0 Å². The first-order valence-electron chi connectivity index (χ1n) is 11.0. The molecule has 1 N–H and O–H groups in total. The van der Waals surface area contributed by atoms with Crippen LogP contribution < -0.4 is 5.32 Å². The average Bonchev–Trinajstić information content (AvgIpc) is 3.49. The minimum atomic E-state index is -1.60. The van der Waals surface area contributed by atoms with Gasteiger partial charge < -0.3 is 10.2 Å². The van der Waals surface area contributed by atoms with Gasteiger partial charge in [0.2, 0.25) is 0 Å². The molecule has 1 aliphatic heterocycles. The molecule has 34 heavy (non-hydrogen) atoms. The average molecular weight is 446 g/mol. The van der Waals surface area contributed by atoms with Gasteiger partial charge in [-0.1, -0.05) is 0 Å². The molecule has 1 amide bonds. The van der Waals surface area contributed by atoms with Crippen molar-refractivity contribution in [2.24, 2.45) is 0 Å². The van der Waals surface area contributed by atoms with E-state index in [9.17, 15) is 4.79 Å². The van der Waals surface area contributed by atoms with Crippen molar-refractivity contribution < 1.29 is 4.79 Å². The Kier molecular flexibility index (Phi) is 5.77. The molecule has 0 unspecified atom stereocenters. The van der Waals surface area contributed by atoms with E-state index in [-0.39, 0.29) is 5.91 Å². The lowest BCUT2D eigenvalue weighted by Crippen LogP contribution is -2.35. The number of aromatic nitrogens is 6. The van der Waals surface area contributed by atoms with Crippen LogP contribution in [-0.4, -0.2) is 84.0 Å². The molecule has 0 aliphatic carbocycles. The maximum atomic E-state index is 12.8. The van der Waals surface area contributed by atoms with Gasteiger partial charge >= 0.3 is 0 Å². The van der Waals surface area contributed by atoms with E-state index in [0.717, 1.165) is 36.7 Å². The summed E-state index contributed by atoms with van der Waals surface area (Å²) in [5.74, 6) is 0.175. The largest absolute Gasteiger partial charge is 0.306 e. The van der Waals surface area contributed by atoms with Crippen molar-refractivity contribution in [1.82, 2.24) is 34.4 Å². The molecule has 6 radical (unpaired) electrons. The Hall–Kier alpha value is -3.40. The normalized spacial score (nSPS) is 15.6. The number of nitrogens with zero attached hydrogens (tertiary/aromatic N) is 7. The van der Waals surface area contributed by atoms with E-state index in [1.165, 1.54) is 4.68 Å². The summed E-state index contributed by atoms with van der Waals surface area (Å²) in [6.45, 7) is 2.05. The minimum Gasteiger partial charge on any atom is -0.306 e. The predicted molar refractivity (Wildman–Crippen MR) is 132 cm³/mol. The number of carbonyl (C=O) groups excluding carboxylic acids is 1. The first kappa shape index (κ1) is 22.4. The molecule has 5 heterocycles. The van der Waals surface area contributed by atoms with Crippen LogP contribution in [0.1, 0.15) is 29.2 Å². The Bertz CT molecular complexity index is 1340. The van der Waals surface area contributed by atoms with E-state index < -0.39 is 5.24 Å². The summed E-state index contributed by atoms with van der Waals surface area (Å²) < 4.78 is 3.16. The van der Waals surface area contributed by atoms with E-state index in [1.54, 1.807) is 43.2 Å². The third-order valence-electron chi connectivity index (χ3n) is 6.05. The molecule has 5 rings (SSSR count). The zero-order valence-corrected chi connectivity index (χ0v) is 18.8. The molecule has 1 aliphatic rings. The van der Waals surface area contributed by atoms with Gasteiger partial charge in [0, 0.05) is 35.7 Å². The highest BCUT2D eigenvalue weighted by molar-refractivity contribution is 6.56. The molecule has 1 fully saturated rings. The summed E-state index contributed by atoms with van der Waals surface area (Å²) >= 11 is 0. The molecule has 1 saturated heterocycles. The SMILES string of the molecule is [B]C([B])([B])n1cc(-c2cc3cc(NC(=O)c4cnn(C5CCN(C)CC5)c4)ncc3cn2)cn1. The Morgan fingerprint density at radius 1 is 1.00 bits per heavy atom. The number of piperidine rings is 1. The highest BCUT2D eigenvalue weighted by Crippen LogP contribution is 2.24. The number of hydrogen-bond acceptors (Lipinski definition) is 6. The van der Waals surface area contributed by atoms with Crippen LogP contribution in [0.4, 0.5) is 5.82 Å². The number of carbonyl (C=O) groups is 1. The Balaban J connectivity index is 1.33. The lowest BCUT2D eigenvalue weighted by molar-refractivity contribution is 0.102. The van der Waals surface area contributed by atoms with Gasteiger partial charge in [-0.05, 0) is 55.7 Å². The van der Waals surface area contributed by atoms with Crippen LogP contribution >= 0.6 is 0 Å². The van der Waals surface area contributed by atoms with E-state index in [1.807, 2.05) is 10.7 Å². The lowest BCUT2D eigenvalue weighted by atomic mass is 9.49. The number of rotatable bonds is 5.